The summed E-state index contributed by atoms with van der Waals surface area (Å²) in [4.78, 5) is 0. The highest BCUT2D eigenvalue weighted by Gasteiger charge is 2.10. The quantitative estimate of drug-likeness (QED) is 0.708. The van der Waals surface area contributed by atoms with Crippen molar-refractivity contribution in [2.45, 2.75) is 72.8 Å². The van der Waals surface area contributed by atoms with E-state index in [0.29, 0.717) is 0 Å². The molecule has 0 atom stereocenters. The van der Waals surface area contributed by atoms with Crippen LogP contribution in [-0.2, 0) is 0 Å². The smallest absolute Gasteiger partial charge is 0.0120 e. The average molecular weight is 187 g/mol. The van der Waals surface area contributed by atoms with Crippen LogP contribution >= 0.6 is 0 Å². The van der Waals surface area contributed by atoms with Crippen LogP contribution in [0.1, 0.15) is 67.2 Å². The summed E-state index contributed by atoms with van der Waals surface area (Å²) in [5, 5.41) is 0. The molecule has 0 fully saturated rings. The number of hydrogen-bond acceptors (Lipinski definition) is 1. The van der Waals surface area contributed by atoms with Crippen molar-refractivity contribution in [3.63, 3.8) is 0 Å². The predicted molar refractivity (Wildman–Crippen MR) is 62.9 cm³/mol. The molecule has 0 aromatic rings. The van der Waals surface area contributed by atoms with Gasteiger partial charge in [0.1, 0.15) is 0 Å². The lowest BCUT2D eigenvalue weighted by Gasteiger charge is -2.18. The van der Waals surface area contributed by atoms with Gasteiger partial charge >= 0.3 is 0 Å². The molecule has 0 aliphatic heterocycles. The molecule has 0 bridgehead atoms. The standard InChI is InChI=1S/C6H15N.C6H14/c1-4-6(3,7)5-2;1-4-6(3)5-2/h4-5,7H2,1-3H3;6H,4-5H2,1-3H3. The zero-order valence-electron chi connectivity index (χ0n) is 10.5. The van der Waals surface area contributed by atoms with Crippen molar-refractivity contribution in [2.24, 2.45) is 11.7 Å². The van der Waals surface area contributed by atoms with Crippen molar-refractivity contribution in [2.75, 3.05) is 0 Å². The zero-order valence-corrected chi connectivity index (χ0v) is 10.5. The Labute approximate surface area is 85.1 Å². The van der Waals surface area contributed by atoms with Crippen molar-refractivity contribution < 1.29 is 0 Å². The lowest BCUT2D eigenvalue weighted by atomic mass is 9.98. The minimum Gasteiger partial charge on any atom is -0.325 e. The summed E-state index contributed by atoms with van der Waals surface area (Å²) in [5.41, 5.74) is 5.80. The highest BCUT2D eigenvalue weighted by atomic mass is 14.7. The van der Waals surface area contributed by atoms with Gasteiger partial charge in [-0.15, -0.1) is 0 Å². The minimum atomic E-state index is 0.0833. The molecule has 0 aliphatic rings. The monoisotopic (exact) mass is 187 g/mol. The van der Waals surface area contributed by atoms with Gasteiger partial charge in [-0.1, -0.05) is 47.5 Å². The van der Waals surface area contributed by atoms with Gasteiger partial charge in [0.15, 0.2) is 0 Å². The summed E-state index contributed by atoms with van der Waals surface area (Å²) >= 11 is 0. The molecule has 0 radical (unpaired) electrons. The van der Waals surface area contributed by atoms with E-state index in [9.17, 15) is 0 Å². The van der Waals surface area contributed by atoms with Crippen molar-refractivity contribution >= 4 is 0 Å². The minimum absolute atomic E-state index is 0.0833. The van der Waals surface area contributed by atoms with Crippen LogP contribution in [0.15, 0.2) is 0 Å². The van der Waals surface area contributed by atoms with Crippen molar-refractivity contribution in [1.29, 1.82) is 0 Å². The molecule has 0 aromatic heterocycles. The van der Waals surface area contributed by atoms with E-state index in [0.717, 1.165) is 18.8 Å². The van der Waals surface area contributed by atoms with E-state index < -0.39 is 0 Å². The molecule has 1 nitrogen and oxygen atoms in total. The molecule has 0 heterocycles. The maximum absolute atomic E-state index is 5.72. The average Bonchev–Trinajstić information content (AvgIpc) is 2.17. The van der Waals surface area contributed by atoms with Crippen LogP contribution in [0.4, 0.5) is 0 Å². The molecular formula is C12H29N. The maximum atomic E-state index is 5.72. The molecule has 0 aromatic carbocycles. The van der Waals surface area contributed by atoms with E-state index in [-0.39, 0.29) is 5.54 Å². The number of rotatable bonds is 4. The fourth-order valence-corrected chi connectivity index (χ4v) is 0.539. The van der Waals surface area contributed by atoms with E-state index in [1.807, 2.05) is 0 Å². The zero-order chi connectivity index (χ0) is 10.9. The van der Waals surface area contributed by atoms with Crippen LogP contribution in [0.2, 0.25) is 0 Å². The van der Waals surface area contributed by atoms with Crippen LogP contribution in [0.5, 0.6) is 0 Å². The lowest BCUT2D eigenvalue weighted by molar-refractivity contribution is 0.437. The summed E-state index contributed by atoms with van der Waals surface area (Å²) in [6.45, 7) is 13.0. The van der Waals surface area contributed by atoms with Gasteiger partial charge in [0.25, 0.3) is 0 Å². The third-order valence-corrected chi connectivity index (χ3v) is 3.01. The van der Waals surface area contributed by atoms with E-state index in [1.54, 1.807) is 0 Å². The molecule has 2 N–H and O–H groups in total. The second-order valence-electron chi connectivity index (χ2n) is 4.28. The second kappa shape index (κ2) is 8.55. The molecular weight excluding hydrogens is 158 g/mol. The van der Waals surface area contributed by atoms with E-state index in [4.69, 9.17) is 5.73 Å². The molecule has 0 rings (SSSR count). The summed E-state index contributed by atoms with van der Waals surface area (Å²) in [6, 6.07) is 0. The number of nitrogens with two attached hydrogens (primary N) is 1. The molecule has 13 heavy (non-hydrogen) atoms. The van der Waals surface area contributed by atoms with Crippen molar-refractivity contribution in [3.05, 3.63) is 0 Å². The van der Waals surface area contributed by atoms with Gasteiger partial charge in [-0.05, 0) is 25.7 Å². The van der Waals surface area contributed by atoms with Crippen LogP contribution in [0.3, 0.4) is 0 Å². The first kappa shape index (κ1) is 15.4. The fraction of sp³-hybridized carbons (Fsp3) is 1.00. The molecule has 0 unspecified atom stereocenters. The summed E-state index contributed by atoms with van der Waals surface area (Å²) < 4.78 is 0. The Morgan fingerprint density at radius 3 is 1.31 bits per heavy atom. The maximum Gasteiger partial charge on any atom is 0.0120 e. The van der Waals surface area contributed by atoms with E-state index >= 15 is 0 Å². The molecule has 0 aliphatic carbocycles. The van der Waals surface area contributed by atoms with Gasteiger partial charge in [0.05, 0.1) is 0 Å². The Morgan fingerprint density at radius 1 is 1.00 bits per heavy atom. The van der Waals surface area contributed by atoms with Crippen LogP contribution < -0.4 is 5.73 Å². The second-order valence-corrected chi connectivity index (χ2v) is 4.28. The SMILES string of the molecule is CCC(C)(N)CC.CCC(C)CC. The van der Waals surface area contributed by atoms with Gasteiger partial charge < -0.3 is 5.73 Å². The Morgan fingerprint density at radius 2 is 1.31 bits per heavy atom. The third kappa shape index (κ3) is 12.0. The Hall–Kier alpha value is -0.0400. The molecule has 0 saturated heterocycles. The van der Waals surface area contributed by atoms with Gasteiger partial charge in [0.2, 0.25) is 0 Å². The molecule has 0 saturated carbocycles. The van der Waals surface area contributed by atoms with Gasteiger partial charge in [0, 0.05) is 5.54 Å². The molecule has 82 valence electrons. The van der Waals surface area contributed by atoms with Gasteiger partial charge in [-0.2, -0.15) is 0 Å². The molecule has 0 spiro atoms. The number of hydrogen-bond donors (Lipinski definition) is 1. The fourth-order valence-electron chi connectivity index (χ4n) is 0.539. The molecule has 1 heteroatoms. The highest BCUT2D eigenvalue weighted by molar-refractivity contribution is 4.72. The summed E-state index contributed by atoms with van der Waals surface area (Å²) in [6.07, 6.45) is 4.81. The predicted octanol–water partition coefficient (Wildman–Crippen LogP) is 3.97. The van der Waals surface area contributed by atoms with Crippen molar-refractivity contribution in [1.82, 2.24) is 0 Å². The summed E-state index contributed by atoms with van der Waals surface area (Å²) in [7, 11) is 0. The Bertz CT molecular complexity index is 87.3. The normalized spacial score (nSPS) is 11.1. The van der Waals surface area contributed by atoms with Crippen LogP contribution in [-0.4, -0.2) is 5.54 Å². The van der Waals surface area contributed by atoms with Gasteiger partial charge in [-0.3, -0.25) is 0 Å². The molecule has 0 amide bonds. The van der Waals surface area contributed by atoms with E-state index in [1.165, 1.54) is 12.8 Å². The van der Waals surface area contributed by atoms with E-state index in [2.05, 4.69) is 41.5 Å². The topological polar surface area (TPSA) is 26.0 Å². The van der Waals surface area contributed by atoms with Gasteiger partial charge in [-0.25, -0.2) is 0 Å². The van der Waals surface area contributed by atoms with Crippen molar-refractivity contribution in [3.8, 4) is 0 Å². The lowest BCUT2D eigenvalue weighted by Crippen LogP contribution is -2.33. The Kier molecular flexibility index (Phi) is 10.2. The first-order valence-electron chi connectivity index (χ1n) is 5.72. The Balaban J connectivity index is 0. The van der Waals surface area contributed by atoms with Crippen LogP contribution in [0.25, 0.3) is 0 Å². The summed E-state index contributed by atoms with van der Waals surface area (Å²) in [5.74, 6) is 0.935. The first-order chi connectivity index (χ1) is 5.93. The third-order valence-electron chi connectivity index (χ3n) is 3.01. The highest BCUT2D eigenvalue weighted by Crippen LogP contribution is 2.07. The largest absolute Gasteiger partial charge is 0.325 e. The van der Waals surface area contributed by atoms with Crippen LogP contribution in [0, 0.1) is 5.92 Å². The first-order valence-corrected chi connectivity index (χ1v) is 5.72.